The summed E-state index contributed by atoms with van der Waals surface area (Å²) in [5.74, 6) is 4.85. The molecule has 10 heteroatoms. The van der Waals surface area contributed by atoms with E-state index in [1.54, 1.807) is 28.4 Å². The van der Waals surface area contributed by atoms with Crippen LogP contribution in [0.25, 0.3) is 0 Å². The molecule has 0 aliphatic rings. The number of benzene rings is 4. The summed E-state index contributed by atoms with van der Waals surface area (Å²) < 4.78 is 51.4. The average molecular weight is 751 g/mol. The zero-order valence-electron chi connectivity index (χ0n) is 35.8. The van der Waals surface area contributed by atoms with Crippen molar-refractivity contribution in [2.24, 2.45) is 0 Å². The van der Waals surface area contributed by atoms with Gasteiger partial charge in [0.05, 0.1) is 51.4 Å². The summed E-state index contributed by atoms with van der Waals surface area (Å²) in [5.41, 5.74) is 2.04. The van der Waals surface area contributed by atoms with Gasteiger partial charge in [0.2, 0.25) is 0 Å². The van der Waals surface area contributed by atoms with E-state index in [4.69, 9.17) is 37.6 Å². The Balaban J connectivity index is 0.00000784. The molecule has 0 spiro atoms. The largest absolute Gasteiger partial charge is 1.00 e. The molecule has 54 heavy (non-hydrogen) atoms. The van der Waals surface area contributed by atoms with E-state index in [0.29, 0.717) is 46.0 Å². The van der Waals surface area contributed by atoms with Crippen molar-refractivity contribution in [2.45, 2.75) is 105 Å². The zero-order valence-corrected chi connectivity index (χ0v) is 37.8. The minimum atomic E-state index is -3.25. The average Bonchev–Trinajstić information content (AvgIpc) is 3.07. The maximum Gasteiger partial charge on any atom is 1.00 e. The summed E-state index contributed by atoms with van der Waals surface area (Å²) in [6, 6.07) is 22.9. The standard InChI is InChI=1S/C44H60BO8.Na/c1-41(2,3)33-25-29(46-13)17-21-37(33)50-45(51-38-22-18-30(47-14)26-34(38)42(4,5)6,52-39-23-19-31(48-15)27-35(39)43(7,8)9)53-40-24-20-32(49-16)28-36(40)44(10,11)12;/h17-28H,1-16H3;/q-1;+1. The van der Waals surface area contributed by atoms with Gasteiger partial charge in [0.15, 0.2) is 0 Å². The molecule has 0 unspecified atom stereocenters. The third kappa shape index (κ3) is 10.8. The molecule has 288 valence electrons. The van der Waals surface area contributed by atoms with Crippen LogP contribution in [0.2, 0.25) is 0 Å². The number of methoxy groups -OCH3 is 4. The predicted molar refractivity (Wildman–Crippen MR) is 215 cm³/mol. The molecule has 0 atom stereocenters. The summed E-state index contributed by atoms with van der Waals surface area (Å²) in [4.78, 5) is 0. The molecule has 0 aromatic heterocycles. The Hall–Kier alpha value is -3.66. The smallest absolute Gasteiger partial charge is 0.611 e. The Morgan fingerprint density at radius 2 is 0.519 bits per heavy atom. The van der Waals surface area contributed by atoms with Crippen molar-refractivity contribution in [1.29, 1.82) is 0 Å². The molecule has 4 rings (SSSR count). The van der Waals surface area contributed by atoms with E-state index in [1.165, 1.54) is 0 Å². The van der Waals surface area contributed by atoms with E-state index in [9.17, 15) is 0 Å². The van der Waals surface area contributed by atoms with Gasteiger partial charge in [0.1, 0.15) is 23.0 Å². The Kier molecular flexibility index (Phi) is 14.1. The van der Waals surface area contributed by atoms with Crippen molar-refractivity contribution in [3.63, 3.8) is 0 Å². The van der Waals surface area contributed by atoms with Crippen molar-refractivity contribution in [3.8, 4) is 46.0 Å². The fraction of sp³-hybridized carbons (Fsp3) is 0.455. The maximum atomic E-state index is 7.19. The van der Waals surface area contributed by atoms with E-state index in [1.807, 2.05) is 72.8 Å². The first-order chi connectivity index (χ1) is 24.5. The Labute approximate surface area is 346 Å². The molecular weight excluding hydrogens is 690 g/mol. The molecule has 0 aliphatic carbocycles. The van der Waals surface area contributed by atoms with Crippen LogP contribution in [0.5, 0.6) is 46.0 Å². The van der Waals surface area contributed by atoms with Crippen LogP contribution in [-0.4, -0.2) is 35.4 Å². The summed E-state index contributed by atoms with van der Waals surface area (Å²) >= 11 is 0. The summed E-state index contributed by atoms with van der Waals surface area (Å²) in [6.07, 6.45) is 0. The molecule has 0 saturated carbocycles. The molecule has 0 heterocycles. The van der Waals surface area contributed by atoms with E-state index < -0.39 is 6.96 Å². The van der Waals surface area contributed by atoms with Gasteiger partial charge in [-0.3, -0.25) is 0 Å². The van der Waals surface area contributed by atoms with Gasteiger partial charge in [-0.2, -0.15) is 0 Å². The van der Waals surface area contributed by atoms with Crippen molar-refractivity contribution in [1.82, 2.24) is 0 Å². The van der Waals surface area contributed by atoms with E-state index >= 15 is 0 Å². The van der Waals surface area contributed by atoms with Gasteiger partial charge < -0.3 is 37.6 Å². The monoisotopic (exact) mass is 750 g/mol. The first-order valence-electron chi connectivity index (χ1n) is 18.2. The van der Waals surface area contributed by atoms with Crippen LogP contribution in [0.15, 0.2) is 72.8 Å². The quantitative estimate of drug-likeness (QED) is 0.135. The minimum Gasteiger partial charge on any atom is -0.611 e. The van der Waals surface area contributed by atoms with Crippen molar-refractivity contribution < 1.29 is 67.1 Å². The molecule has 0 aliphatic heterocycles. The van der Waals surface area contributed by atoms with E-state index in [0.717, 1.165) is 22.3 Å². The molecule has 0 bridgehead atoms. The van der Waals surface area contributed by atoms with Crippen LogP contribution in [0, 0.1) is 0 Å². The summed E-state index contributed by atoms with van der Waals surface area (Å²) in [7, 11) is 6.61. The minimum absolute atomic E-state index is 0. The van der Waals surface area contributed by atoms with Crippen LogP contribution < -0.4 is 67.1 Å². The van der Waals surface area contributed by atoms with Crippen LogP contribution >= 0.6 is 0 Å². The Morgan fingerprint density at radius 1 is 0.333 bits per heavy atom. The molecule has 0 N–H and O–H groups in total. The van der Waals surface area contributed by atoms with Crippen LogP contribution in [0.3, 0.4) is 0 Å². The number of rotatable bonds is 12. The van der Waals surface area contributed by atoms with Gasteiger partial charge in [-0.1, -0.05) is 83.1 Å². The molecule has 0 radical (unpaired) electrons. The number of ether oxygens (including phenoxy) is 4. The van der Waals surface area contributed by atoms with Gasteiger partial charge in [-0.15, -0.1) is 0 Å². The number of hydrogen-bond donors (Lipinski definition) is 0. The first-order valence-corrected chi connectivity index (χ1v) is 18.2. The Bertz CT molecular complexity index is 1600. The van der Waals surface area contributed by atoms with Crippen molar-refractivity contribution >= 4 is 6.96 Å². The molecule has 0 fully saturated rings. The molecule has 0 saturated heterocycles. The van der Waals surface area contributed by atoms with Gasteiger partial charge in [-0.25, -0.2) is 0 Å². The van der Waals surface area contributed by atoms with E-state index in [2.05, 4.69) is 83.1 Å². The Morgan fingerprint density at radius 3 is 0.667 bits per heavy atom. The third-order valence-corrected chi connectivity index (χ3v) is 9.06. The van der Waals surface area contributed by atoms with Gasteiger partial charge in [-0.05, 0) is 117 Å². The fourth-order valence-electron chi connectivity index (χ4n) is 6.07. The molecule has 4 aromatic rings. The molecular formula is C44H60BNaO8. The maximum absolute atomic E-state index is 7.19. The van der Waals surface area contributed by atoms with Crippen molar-refractivity contribution in [2.75, 3.05) is 28.4 Å². The molecule has 0 amide bonds. The van der Waals surface area contributed by atoms with E-state index in [-0.39, 0.29) is 51.2 Å². The van der Waals surface area contributed by atoms with Gasteiger partial charge in [0, 0.05) is 0 Å². The van der Waals surface area contributed by atoms with Crippen LogP contribution in [0.4, 0.5) is 0 Å². The normalized spacial score (nSPS) is 12.3. The first kappa shape index (κ1) is 44.7. The SMILES string of the molecule is COc1ccc(O[B-](Oc2ccc(OC)cc2C(C)(C)C)(Oc2ccc(OC)cc2C(C)(C)C)Oc2ccc(OC)cc2C(C)(C)C)c(C(C)(C)C)c1.[Na+]. The van der Waals surface area contributed by atoms with Gasteiger partial charge >= 0.3 is 36.5 Å². The molecule has 8 nitrogen and oxygen atoms in total. The van der Waals surface area contributed by atoms with Crippen molar-refractivity contribution in [3.05, 3.63) is 95.1 Å². The predicted octanol–water partition coefficient (Wildman–Crippen LogP) is 7.97. The summed E-state index contributed by atoms with van der Waals surface area (Å²) in [5, 5.41) is 0. The second-order valence-corrected chi connectivity index (χ2v) is 17.5. The number of hydrogen-bond acceptors (Lipinski definition) is 8. The topological polar surface area (TPSA) is 73.8 Å². The second kappa shape index (κ2) is 17.0. The summed E-state index contributed by atoms with van der Waals surface area (Å²) in [6.45, 7) is 22.2. The van der Waals surface area contributed by atoms with Crippen LogP contribution in [-0.2, 0) is 21.7 Å². The third-order valence-electron chi connectivity index (χ3n) is 9.06. The fourth-order valence-corrected chi connectivity index (χ4v) is 6.07. The molecule has 4 aromatic carbocycles. The second-order valence-electron chi connectivity index (χ2n) is 17.5. The zero-order chi connectivity index (χ0) is 39.6. The van der Waals surface area contributed by atoms with Gasteiger partial charge in [0.25, 0.3) is 0 Å². The van der Waals surface area contributed by atoms with Crippen LogP contribution in [0.1, 0.15) is 105 Å².